The number of nitrogens with one attached hydrogen (secondary N) is 1. The van der Waals surface area contributed by atoms with Gasteiger partial charge in [-0.25, -0.2) is 4.90 Å². The zero-order chi connectivity index (χ0) is 32.2. The van der Waals surface area contributed by atoms with Crippen molar-refractivity contribution in [2.24, 2.45) is 5.92 Å². The second-order valence-electron chi connectivity index (χ2n) is 10.7. The number of carbonyl (C=O) groups is 3. The average Bonchev–Trinajstić information content (AvgIpc) is 3.44. The number of imide groups is 1. The molecule has 3 atom stereocenters. The number of halogens is 4. The van der Waals surface area contributed by atoms with Gasteiger partial charge >= 0.3 is 11.0 Å². The summed E-state index contributed by atoms with van der Waals surface area (Å²) in [4.78, 5) is 56.8. The van der Waals surface area contributed by atoms with E-state index in [0.717, 1.165) is 40.9 Å². The predicted molar refractivity (Wildman–Crippen MR) is 168 cm³/mol. The van der Waals surface area contributed by atoms with Gasteiger partial charge in [0.15, 0.2) is 0 Å². The third-order valence-electron chi connectivity index (χ3n) is 7.70. The highest BCUT2D eigenvalue weighted by molar-refractivity contribution is 8.00. The summed E-state index contributed by atoms with van der Waals surface area (Å²) in [7, 11) is 3.72. The number of alkyl halides is 3. The summed E-state index contributed by atoms with van der Waals surface area (Å²) in [5.41, 5.74) is 0.291. The fourth-order valence-electron chi connectivity index (χ4n) is 5.62. The number of carbonyl (C=O) groups excluding carboxylic acids is 3. The van der Waals surface area contributed by atoms with Gasteiger partial charge in [0.05, 0.1) is 22.2 Å². The molecule has 4 aromatic rings. The van der Waals surface area contributed by atoms with Crippen molar-refractivity contribution in [2.45, 2.75) is 28.9 Å². The molecule has 8 nitrogen and oxygen atoms in total. The summed E-state index contributed by atoms with van der Waals surface area (Å²) in [5, 5.41) is 2.38. The minimum atomic E-state index is -4.81. The van der Waals surface area contributed by atoms with E-state index in [1.54, 1.807) is 36.4 Å². The number of benzene rings is 3. The number of amides is 3. The van der Waals surface area contributed by atoms with Crippen LogP contribution in [-0.4, -0.2) is 41.6 Å². The largest absolute Gasteiger partial charge is 0.418 e. The quantitative estimate of drug-likeness (QED) is 0.250. The van der Waals surface area contributed by atoms with Crippen molar-refractivity contribution in [3.63, 3.8) is 0 Å². The maximum atomic E-state index is 14.1. The molecule has 0 aliphatic carbocycles. The Labute approximate surface area is 268 Å². The molecule has 2 aliphatic heterocycles. The Morgan fingerprint density at radius 1 is 0.956 bits per heavy atom. The molecule has 0 spiro atoms. The van der Waals surface area contributed by atoms with Crippen molar-refractivity contribution in [3.05, 3.63) is 103 Å². The average molecular weight is 673 g/mol. The van der Waals surface area contributed by atoms with Crippen LogP contribution in [0.25, 0.3) is 0 Å². The number of rotatable bonds is 6. The first-order chi connectivity index (χ1) is 21.3. The number of hydrogen-bond donors (Lipinski definition) is 1. The molecule has 1 N–H and O–H groups in total. The van der Waals surface area contributed by atoms with Crippen LogP contribution in [0.1, 0.15) is 21.9 Å². The molecule has 45 heavy (non-hydrogen) atoms. The highest BCUT2D eigenvalue weighted by Gasteiger charge is 2.57. The highest BCUT2D eigenvalue weighted by atomic mass is 35.5. The van der Waals surface area contributed by atoms with Crippen LogP contribution in [0, 0.1) is 5.92 Å². The molecule has 1 fully saturated rings. The first-order valence-corrected chi connectivity index (χ1v) is 15.7. The summed E-state index contributed by atoms with van der Waals surface area (Å²) in [6.07, 6.45) is -4.81. The molecule has 3 amide bonds. The van der Waals surface area contributed by atoms with Crippen LogP contribution in [0.5, 0.6) is 0 Å². The molecule has 2 unspecified atom stereocenters. The Balaban J connectivity index is 1.43. The SMILES string of the molecule is CN(C)c1ccc([C@H]2c3sc(=O)n(CC(=O)Nc4ccc(Cl)cc4)c3SC3C(=O)N(c4ccccc4C(F)(F)F)C(=O)C32)cc1. The third kappa shape index (κ3) is 5.64. The monoisotopic (exact) mass is 672 g/mol. The van der Waals surface area contributed by atoms with E-state index < -0.39 is 57.1 Å². The lowest BCUT2D eigenvalue weighted by Crippen LogP contribution is -2.33. The van der Waals surface area contributed by atoms with Crippen LogP contribution in [0.3, 0.4) is 0 Å². The van der Waals surface area contributed by atoms with E-state index in [-0.39, 0.29) is 6.54 Å². The molecule has 2 aliphatic rings. The standard InChI is InChI=1S/C31H24ClF3N4O4S2/c1-37(2)19-13-7-16(8-14-19)23-24-25(28(42)39(27(24)41)21-6-4-3-5-20(21)31(33,34)35)44-29-26(23)45-30(43)38(29)15-22(40)36-18-11-9-17(32)10-12-18/h3-14,23-25H,15H2,1-2H3,(H,36,40)/t23-,24?,25?/m1/s1. The molecule has 3 heterocycles. The minimum absolute atomic E-state index is 0.325. The van der Waals surface area contributed by atoms with Gasteiger partial charge in [-0.05, 0) is 54.1 Å². The zero-order valence-corrected chi connectivity index (χ0v) is 26.1. The summed E-state index contributed by atoms with van der Waals surface area (Å²) in [5.74, 6) is -4.02. The maximum absolute atomic E-state index is 14.1. The Kier molecular flexibility index (Phi) is 8.04. The van der Waals surface area contributed by atoms with Crippen molar-refractivity contribution < 1.29 is 27.6 Å². The van der Waals surface area contributed by atoms with Gasteiger partial charge in [-0.2, -0.15) is 13.2 Å². The Morgan fingerprint density at radius 2 is 1.62 bits per heavy atom. The van der Waals surface area contributed by atoms with Gasteiger partial charge < -0.3 is 10.2 Å². The van der Waals surface area contributed by atoms with E-state index in [4.69, 9.17) is 11.6 Å². The molecule has 14 heteroatoms. The molecular formula is C31H24ClF3N4O4S2. The lowest BCUT2D eigenvalue weighted by Gasteiger charge is -2.31. The van der Waals surface area contributed by atoms with Crippen LogP contribution in [0.2, 0.25) is 5.02 Å². The number of hydrogen-bond acceptors (Lipinski definition) is 7. The van der Waals surface area contributed by atoms with Crippen molar-refractivity contribution in [2.75, 3.05) is 29.2 Å². The summed E-state index contributed by atoms with van der Waals surface area (Å²) < 4.78 is 43.2. The van der Waals surface area contributed by atoms with Gasteiger partial charge in [0, 0.05) is 41.3 Å². The smallest absolute Gasteiger partial charge is 0.378 e. The summed E-state index contributed by atoms with van der Waals surface area (Å²) in [6, 6.07) is 18.1. The van der Waals surface area contributed by atoms with Crippen molar-refractivity contribution >= 4 is 69.5 Å². The molecule has 1 saturated heterocycles. The Bertz CT molecular complexity index is 1870. The molecule has 232 valence electrons. The summed E-state index contributed by atoms with van der Waals surface area (Å²) in [6.45, 7) is -0.382. The topological polar surface area (TPSA) is 91.7 Å². The van der Waals surface area contributed by atoms with Gasteiger partial charge in [-0.1, -0.05) is 59.0 Å². The first kappa shape index (κ1) is 30.9. The number of anilines is 3. The fourth-order valence-corrected chi connectivity index (χ4v) is 8.52. The first-order valence-electron chi connectivity index (χ1n) is 13.6. The molecule has 0 saturated carbocycles. The minimum Gasteiger partial charge on any atom is -0.378 e. The van der Waals surface area contributed by atoms with E-state index in [1.165, 1.54) is 16.7 Å². The second-order valence-corrected chi connectivity index (χ2v) is 13.3. The van der Waals surface area contributed by atoms with Gasteiger partial charge in [0.25, 0.3) is 0 Å². The lowest BCUT2D eigenvalue weighted by atomic mass is 9.83. The number of para-hydroxylation sites is 1. The van der Waals surface area contributed by atoms with Crippen LogP contribution in [-0.2, 0) is 27.1 Å². The molecule has 6 rings (SSSR count). The normalized spacial score (nSPS) is 19.3. The van der Waals surface area contributed by atoms with E-state index in [9.17, 15) is 32.3 Å². The number of aromatic nitrogens is 1. The Morgan fingerprint density at radius 3 is 2.27 bits per heavy atom. The molecule has 3 aromatic carbocycles. The number of thioether (sulfide) groups is 1. The van der Waals surface area contributed by atoms with Crippen molar-refractivity contribution in [3.8, 4) is 0 Å². The van der Waals surface area contributed by atoms with Gasteiger partial charge in [-0.3, -0.25) is 23.7 Å². The third-order valence-corrected chi connectivity index (χ3v) is 10.6. The van der Waals surface area contributed by atoms with E-state index in [1.807, 2.05) is 31.1 Å². The van der Waals surface area contributed by atoms with E-state index in [2.05, 4.69) is 5.32 Å². The molecule has 0 radical (unpaired) electrons. The molecule has 1 aromatic heterocycles. The van der Waals surface area contributed by atoms with E-state index in [0.29, 0.717) is 31.1 Å². The number of thiazole rings is 1. The maximum Gasteiger partial charge on any atom is 0.418 e. The summed E-state index contributed by atoms with van der Waals surface area (Å²) >= 11 is 7.71. The van der Waals surface area contributed by atoms with E-state index >= 15 is 0 Å². The van der Waals surface area contributed by atoms with Crippen LogP contribution in [0.15, 0.2) is 82.6 Å². The Hall–Kier alpha value is -4.07. The molecular weight excluding hydrogens is 649 g/mol. The number of nitrogens with zero attached hydrogens (tertiary/aromatic N) is 3. The van der Waals surface area contributed by atoms with Crippen LogP contribution < -0.4 is 20.0 Å². The molecule has 0 bridgehead atoms. The lowest BCUT2D eigenvalue weighted by molar-refractivity contribution is -0.137. The van der Waals surface area contributed by atoms with Gasteiger partial charge in [0.1, 0.15) is 11.8 Å². The zero-order valence-electron chi connectivity index (χ0n) is 23.7. The predicted octanol–water partition coefficient (Wildman–Crippen LogP) is 6.08. The van der Waals surface area contributed by atoms with Crippen LogP contribution in [0.4, 0.5) is 30.2 Å². The van der Waals surface area contributed by atoms with Crippen molar-refractivity contribution in [1.82, 2.24) is 4.57 Å². The van der Waals surface area contributed by atoms with Gasteiger partial charge in [0.2, 0.25) is 17.7 Å². The van der Waals surface area contributed by atoms with Gasteiger partial charge in [-0.15, -0.1) is 0 Å². The number of fused-ring (bicyclic) bond motifs is 2. The van der Waals surface area contributed by atoms with Crippen molar-refractivity contribution in [1.29, 1.82) is 0 Å². The highest BCUT2D eigenvalue weighted by Crippen LogP contribution is 2.54. The van der Waals surface area contributed by atoms with Crippen LogP contribution >= 0.6 is 34.7 Å². The second kappa shape index (κ2) is 11.7. The fraction of sp³-hybridized carbons (Fsp3) is 0.226.